The van der Waals surface area contributed by atoms with E-state index in [1.807, 2.05) is 30.3 Å². The van der Waals surface area contributed by atoms with Crippen molar-refractivity contribution in [3.05, 3.63) is 65.1 Å². The van der Waals surface area contributed by atoms with Crippen LogP contribution in [0.25, 0.3) is 0 Å². The van der Waals surface area contributed by atoms with Crippen molar-refractivity contribution in [2.45, 2.75) is 19.9 Å². The zero-order chi connectivity index (χ0) is 15.4. The molecule has 0 aliphatic rings. The average Bonchev–Trinajstić information content (AvgIpc) is 2.97. The number of tetrazole rings is 1. The van der Waals surface area contributed by atoms with Gasteiger partial charge in [0.15, 0.2) is 5.82 Å². The number of nitrogens with zero attached hydrogens (tertiary/aromatic N) is 5. The highest BCUT2D eigenvalue weighted by molar-refractivity contribution is 5.27. The number of methoxy groups -OCH3 is 1. The Hall–Kier alpha value is -2.76. The summed E-state index contributed by atoms with van der Waals surface area (Å²) in [6.45, 7) is 2.55. The molecule has 0 saturated carbocycles. The van der Waals surface area contributed by atoms with Gasteiger partial charge in [0, 0.05) is 12.5 Å². The summed E-state index contributed by atoms with van der Waals surface area (Å²) in [6.07, 6.45) is 0.679. The molecule has 0 saturated heterocycles. The molecule has 0 bridgehead atoms. The molecule has 2 aromatic heterocycles. The number of hydrogen-bond donors (Lipinski definition) is 0. The second kappa shape index (κ2) is 6.34. The smallest absolute Gasteiger partial charge is 0.213 e. The van der Waals surface area contributed by atoms with Gasteiger partial charge in [-0.15, -0.1) is 10.2 Å². The van der Waals surface area contributed by atoms with E-state index in [0.29, 0.717) is 24.7 Å². The molecule has 1 aromatic carbocycles. The quantitative estimate of drug-likeness (QED) is 0.720. The van der Waals surface area contributed by atoms with E-state index in [0.717, 1.165) is 5.69 Å². The van der Waals surface area contributed by atoms with Gasteiger partial charge in [0.1, 0.15) is 6.54 Å². The molecule has 6 heteroatoms. The Morgan fingerprint density at radius 3 is 2.77 bits per heavy atom. The van der Waals surface area contributed by atoms with Crippen molar-refractivity contribution < 1.29 is 4.74 Å². The summed E-state index contributed by atoms with van der Waals surface area (Å²) in [5.41, 5.74) is 3.27. The summed E-state index contributed by atoms with van der Waals surface area (Å²) >= 11 is 0. The maximum Gasteiger partial charge on any atom is 0.213 e. The van der Waals surface area contributed by atoms with E-state index in [1.165, 1.54) is 11.1 Å². The topological polar surface area (TPSA) is 65.7 Å². The first-order valence-corrected chi connectivity index (χ1v) is 7.06. The van der Waals surface area contributed by atoms with Gasteiger partial charge in [-0.25, -0.2) is 4.98 Å². The van der Waals surface area contributed by atoms with Crippen molar-refractivity contribution in [2.24, 2.45) is 0 Å². The lowest BCUT2D eigenvalue weighted by Crippen LogP contribution is -2.06. The summed E-state index contributed by atoms with van der Waals surface area (Å²) < 4.78 is 5.11. The van der Waals surface area contributed by atoms with Crippen LogP contribution in [0.5, 0.6) is 5.88 Å². The Bertz CT molecular complexity index is 768. The fraction of sp³-hybridized carbons (Fsp3) is 0.250. The van der Waals surface area contributed by atoms with Crippen LogP contribution in [0.4, 0.5) is 0 Å². The highest BCUT2D eigenvalue weighted by Crippen LogP contribution is 2.11. The first-order valence-electron chi connectivity index (χ1n) is 7.06. The monoisotopic (exact) mass is 295 g/mol. The van der Waals surface area contributed by atoms with Crippen molar-refractivity contribution >= 4 is 0 Å². The molecule has 0 radical (unpaired) electrons. The van der Waals surface area contributed by atoms with E-state index < -0.39 is 0 Å². The number of rotatable bonds is 5. The summed E-state index contributed by atoms with van der Waals surface area (Å²) in [6, 6.07) is 13.8. The van der Waals surface area contributed by atoms with Crippen molar-refractivity contribution in [1.82, 2.24) is 25.2 Å². The average molecular weight is 295 g/mol. The Morgan fingerprint density at radius 2 is 1.95 bits per heavy atom. The Balaban J connectivity index is 1.72. The zero-order valence-electron chi connectivity index (χ0n) is 12.6. The first kappa shape index (κ1) is 14.2. The fourth-order valence-electron chi connectivity index (χ4n) is 2.20. The highest BCUT2D eigenvalue weighted by atomic mass is 16.5. The Kier molecular flexibility index (Phi) is 4.09. The number of hydrogen-bond acceptors (Lipinski definition) is 5. The van der Waals surface area contributed by atoms with Gasteiger partial charge < -0.3 is 4.74 Å². The number of benzene rings is 1. The third-order valence-corrected chi connectivity index (χ3v) is 3.40. The van der Waals surface area contributed by atoms with E-state index in [1.54, 1.807) is 11.9 Å². The van der Waals surface area contributed by atoms with Crippen molar-refractivity contribution in [3.63, 3.8) is 0 Å². The van der Waals surface area contributed by atoms with Gasteiger partial charge in [0.2, 0.25) is 5.88 Å². The van der Waals surface area contributed by atoms with E-state index in [9.17, 15) is 0 Å². The van der Waals surface area contributed by atoms with Crippen molar-refractivity contribution in [1.29, 1.82) is 0 Å². The summed E-state index contributed by atoms with van der Waals surface area (Å²) in [5.74, 6) is 1.29. The molecule has 0 unspecified atom stereocenters. The summed E-state index contributed by atoms with van der Waals surface area (Å²) in [4.78, 5) is 5.89. The lowest BCUT2D eigenvalue weighted by molar-refractivity contribution is 0.395. The molecule has 2 heterocycles. The third-order valence-electron chi connectivity index (χ3n) is 3.40. The van der Waals surface area contributed by atoms with Gasteiger partial charge in [-0.3, -0.25) is 0 Å². The molecule has 3 rings (SSSR count). The molecule has 22 heavy (non-hydrogen) atoms. The maximum atomic E-state index is 5.11. The lowest BCUT2D eigenvalue weighted by Gasteiger charge is -2.02. The van der Waals surface area contributed by atoms with Crippen LogP contribution in [0.2, 0.25) is 0 Å². The molecule has 0 atom stereocenters. The van der Waals surface area contributed by atoms with Crippen LogP contribution in [-0.4, -0.2) is 32.3 Å². The lowest BCUT2D eigenvalue weighted by atomic mass is 10.1. The molecule has 3 aromatic rings. The summed E-state index contributed by atoms with van der Waals surface area (Å²) in [5, 5.41) is 12.6. The van der Waals surface area contributed by atoms with Crippen LogP contribution in [0.15, 0.2) is 42.5 Å². The molecular weight excluding hydrogens is 278 g/mol. The second-order valence-electron chi connectivity index (χ2n) is 5.01. The second-order valence-corrected chi connectivity index (χ2v) is 5.01. The van der Waals surface area contributed by atoms with Gasteiger partial charge in [-0.2, -0.15) is 4.80 Å². The molecule has 0 amide bonds. The zero-order valence-corrected chi connectivity index (χ0v) is 12.6. The van der Waals surface area contributed by atoms with Crippen LogP contribution >= 0.6 is 0 Å². The van der Waals surface area contributed by atoms with E-state index in [-0.39, 0.29) is 0 Å². The molecule has 112 valence electrons. The van der Waals surface area contributed by atoms with Crippen LogP contribution < -0.4 is 4.74 Å². The van der Waals surface area contributed by atoms with Crippen LogP contribution in [0.1, 0.15) is 22.6 Å². The van der Waals surface area contributed by atoms with Gasteiger partial charge in [0.05, 0.1) is 12.8 Å². The minimum absolute atomic E-state index is 0.470. The minimum atomic E-state index is 0.470. The number of aryl methyl sites for hydroxylation is 1. The molecule has 0 N–H and O–H groups in total. The number of aromatic nitrogens is 5. The molecular formula is C16H17N5O. The Morgan fingerprint density at radius 1 is 1.09 bits per heavy atom. The van der Waals surface area contributed by atoms with E-state index in [4.69, 9.17) is 4.74 Å². The predicted octanol–water partition coefficient (Wildman–Crippen LogP) is 2.02. The molecule has 6 nitrogen and oxygen atoms in total. The van der Waals surface area contributed by atoms with Gasteiger partial charge >= 0.3 is 0 Å². The minimum Gasteiger partial charge on any atom is -0.481 e. The first-order chi connectivity index (χ1) is 10.7. The predicted molar refractivity (Wildman–Crippen MR) is 81.7 cm³/mol. The normalized spacial score (nSPS) is 10.6. The standard InChI is InChI=1S/C16H17N5O/c1-12-6-3-4-7-13(12)10-15-18-20-21(19-15)11-14-8-5-9-16(17-14)22-2/h3-9H,10-11H2,1-2H3. The van der Waals surface area contributed by atoms with Gasteiger partial charge in [0.25, 0.3) is 0 Å². The van der Waals surface area contributed by atoms with E-state index >= 15 is 0 Å². The van der Waals surface area contributed by atoms with Crippen LogP contribution in [-0.2, 0) is 13.0 Å². The number of ether oxygens (including phenoxy) is 1. The summed E-state index contributed by atoms with van der Waals surface area (Å²) in [7, 11) is 1.60. The van der Waals surface area contributed by atoms with Crippen molar-refractivity contribution in [2.75, 3.05) is 7.11 Å². The van der Waals surface area contributed by atoms with Gasteiger partial charge in [-0.05, 0) is 29.3 Å². The largest absolute Gasteiger partial charge is 0.481 e. The van der Waals surface area contributed by atoms with Crippen LogP contribution in [0, 0.1) is 6.92 Å². The van der Waals surface area contributed by atoms with Crippen LogP contribution in [0.3, 0.4) is 0 Å². The molecule has 0 spiro atoms. The SMILES string of the molecule is COc1cccc(Cn2nnc(Cc3ccccc3C)n2)n1. The molecule has 0 aliphatic carbocycles. The molecule has 0 aliphatic heterocycles. The van der Waals surface area contributed by atoms with E-state index in [2.05, 4.69) is 39.5 Å². The van der Waals surface area contributed by atoms with Gasteiger partial charge in [-0.1, -0.05) is 30.3 Å². The fourth-order valence-corrected chi connectivity index (χ4v) is 2.20. The third kappa shape index (κ3) is 3.28. The number of pyridine rings is 1. The Labute approximate surface area is 128 Å². The highest BCUT2D eigenvalue weighted by Gasteiger charge is 2.07. The molecule has 0 fully saturated rings. The van der Waals surface area contributed by atoms with Crippen molar-refractivity contribution in [3.8, 4) is 5.88 Å². The maximum absolute atomic E-state index is 5.11.